The quantitative estimate of drug-likeness (QED) is 0.637. The van der Waals surface area contributed by atoms with E-state index >= 15 is 0 Å². The third kappa shape index (κ3) is 2.66. The van der Waals surface area contributed by atoms with Crippen molar-refractivity contribution in [3.05, 3.63) is 40.1 Å². The lowest BCUT2D eigenvalue weighted by molar-refractivity contribution is 0.184. The van der Waals surface area contributed by atoms with Crippen molar-refractivity contribution in [2.45, 2.75) is 64.3 Å². The monoisotopic (exact) mass is 342 g/mol. The largest absolute Gasteiger partial charge is 0.510 e. The number of aliphatic hydroxyl groups is 1. The normalized spacial score (nSPS) is 31.1. The molecule has 2 N–H and O–H groups in total. The predicted molar refractivity (Wildman–Crippen MR) is 97.6 cm³/mol. The van der Waals surface area contributed by atoms with E-state index in [0.717, 1.165) is 42.5 Å². The van der Waals surface area contributed by atoms with Crippen molar-refractivity contribution in [2.24, 2.45) is 5.16 Å². The summed E-state index contributed by atoms with van der Waals surface area (Å²) >= 11 is 0. The van der Waals surface area contributed by atoms with Crippen LogP contribution in [-0.4, -0.2) is 35.8 Å². The molecule has 0 radical (unpaired) electrons. The summed E-state index contributed by atoms with van der Waals surface area (Å²) in [5, 5.41) is 18.9. The van der Waals surface area contributed by atoms with Gasteiger partial charge in [-0.2, -0.15) is 0 Å². The van der Waals surface area contributed by atoms with Gasteiger partial charge in [-0.05, 0) is 63.1 Å². The number of rotatable bonds is 2. The first-order valence-electron chi connectivity index (χ1n) is 8.99. The third-order valence-electron chi connectivity index (χ3n) is 5.75. The van der Waals surface area contributed by atoms with Gasteiger partial charge in [0.1, 0.15) is 25.2 Å². The summed E-state index contributed by atoms with van der Waals surface area (Å²) in [4.78, 5) is 4.91. The van der Waals surface area contributed by atoms with Crippen LogP contribution >= 0.6 is 0 Å². The van der Waals surface area contributed by atoms with Gasteiger partial charge in [0.2, 0.25) is 0 Å². The fourth-order valence-corrected chi connectivity index (χ4v) is 4.61. The Morgan fingerprint density at radius 2 is 1.84 bits per heavy atom. The molecule has 2 atom stereocenters. The first kappa shape index (κ1) is 16.6. The van der Waals surface area contributed by atoms with Crippen LogP contribution in [0.3, 0.4) is 0 Å². The Kier molecular flexibility index (Phi) is 3.89. The highest BCUT2D eigenvalue weighted by atomic mass is 16.6. The van der Waals surface area contributed by atoms with Crippen LogP contribution in [0.5, 0.6) is 0 Å². The Morgan fingerprint density at radius 3 is 2.44 bits per heavy atom. The molecule has 1 saturated carbocycles. The zero-order valence-corrected chi connectivity index (χ0v) is 15.3. The van der Waals surface area contributed by atoms with Crippen molar-refractivity contribution in [1.29, 1.82) is 0 Å². The van der Waals surface area contributed by atoms with Gasteiger partial charge in [0.25, 0.3) is 0 Å². The average molecular weight is 342 g/mol. The second-order valence-electron chi connectivity index (χ2n) is 7.58. The molecule has 2 aliphatic heterocycles. The number of nitrogens with zero attached hydrogens (tertiary/aromatic N) is 1. The fourth-order valence-electron chi connectivity index (χ4n) is 4.61. The number of hydrogen-bond acceptors (Lipinski definition) is 5. The lowest BCUT2D eigenvalue weighted by Gasteiger charge is -2.40. The number of nitrogens with one attached hydrogen (secondary N) is 1. The Hall–Kier alpha value is -1.85. The minimum Gasteiger partial charge on any atom is -0.510 e. The zero-order valence-electron chi connectivity index (χ0n) is 15.3. The van der Waals surface area contributed by atoms with Crippen LogP contribution in [0.15, 0.2) is 23.0 Å². The number of aryl methyl sites for hydroxylation is 3. The van der Waals surface area contributed by atoms with E-state index in [2.05, 4.69) is 43.4 Å². The number of oxime groups is 1. The standard InChI is InChI=1S/C20H26N2O3/c1-11-9-12(2)15(13(3)10-11)16-17-19(25-17)21-20(18(16)23)7-5-14(6-8-20)22-24-4/h9-10,17,19,21,23H,5-8H2,1-4H3. The van der Waals surface area contributed by atoms with Crippen LogP contribution < -0.4 is 5.32 Å². The molecule has 5 nitrogen and oxygen atoms in total. The highest BCUT2D eigenvalue weighted by molar-refractivity contribution is 5.86. The molecule has 0 bridgehead atoms. The summed E-state index contributed by atoms with van der Waals surface area (Å²) < 4.78 is 5.87. The summed E-state index contributed by atoms with van der Waals surface area (Å²) in [6.07, 6.45) is 3.22. The van der Waals surface area contributed by atoms with E-state index in [1.807, 2.05) is 0 Å². The second-order valence-corrected chi connectivity index (χ2v) is 7.58. The molecule has 1 aromatic rings. The first-order valence-corrected chi connectivity index (χ1v) is 8.99. The topological polar surface area (TPSA) is 66.4 Å². The molecule has 0 aromatic heterocycles. The van der Waals surface area contributed by atoms with Gasteiger partial charge in [-0.1, -0.05) is 22.9 Å². The van der Waals surface area contributed by atoms with Crippen molar-refractivity contribution >= 4 is 11.3 Å². The minimum atomic E-state index is -0.413. The molecular weight excluding hydrogens is 316 g/mol. The van der Waals surface area contributed by atoms with Crippen LogP contribution in [0, 0.1) is 20.8 Å². The van der Waals surface area contributed by atoms with E-state index in [1.165, 1.54) is 16.7 Å². The summed E-state index contributed by atoms with van der Waals surface area (Å²) in [7, 11) is 1.58. The first-order chi connectivity index (χ1) is 11.9. The van der Waals surface area contributed by atoms with Crippen molar-refractivity contribution in [3.8, 4) is 0 Å². The maximum absolute atomic E-state index is 11.3. The molecule has 1 aromatic carbocycles. The molecule has 25 heavy (non-hydrogen) atoms. The Morgan fingerprint density at radius 1 is 1.20 bits per heavy atom. The van der Waals surface area contributed by atoms with Crippen LogP contribution in [0.25, 0.3) is 5.57 Å². The van der Waals surface area contributed by atoms with Gasteiger partial charge in [0, 0.05) is 5.57 Å². The molecule has 2 heterocycles. The van der Waals surface area contributed by atoms with E-state index in [0.29, 0.717) is 5.76 Å². The number of aliphatic hydroxyl groups excluding tert-OH is 1. The third-order valence-corrected chi connectivity index (χ3v) is 5.75. The van der Waals surface area contributed by atoms with Crippen molar-refractivity contribution in [2.75, 3.05) is 7.11 Å². The molecule has 2 fully saturated rings. The minimum absolute atomic E-state index is 0.00640. The zero-order chi connectivity index (χ0) is 17.8. The summed E-state index contributed by atoms with van der Waals surface area (Å²) in [6, 6.07) is 4.36. The lowest BCUT2D eigenvalue weighted by Crippen LogP contribution is -2.54. The van der Waals surface area contributed by atoms with E-state index < -0.39 is 5.54 Å². The molecular formula is C20H26N2O3. The van der Waals surface area contributed by atoms with Gasteiger partial charge in [0.05, 0.1) is 11.3 Å². The van der Waals surface area contributed by atoms with Gasteiger partial charge in [-0.3, -0.25) is 5.32 Å². The van der Waals surface area contributed by atoms with Gasteiger partial charge >= 0.3 is 0 Å². The number of hydrogen-bond donors (Lipinski definition) is 2. The lowest BCUT2D eigenvalue weighted by atomic mass is 9.74. The van der Waals surface area contributed by atoms with Crippen LogP contribution in [0.1, 0.15) is 47.9 Å². The highest BCUT2D eigenvalue weighted by Gasteiger charge is 2.56. The molecule has 1 aliphatic carbocycles. The van der Waals surface area contributed by atoms with Crippen molar-refractivity contribution in [1.82, 2.24) is 5.32 Å². The predicted octanol–water partition coefficient (Wildman–Crippen LogP) is 3.52. The SMILES string of the molecule is CON=C1CCC2(CC1)NC1OC1C(c1c(C)cc(C)cc1C)=C2O. The molecule has 2 unspecified atom stereocenters. The molecule has 3 aliphatic rings. The summed E-state index contributed by atoms with van der Waals surface area (Å²) in [5.74, 6) is 0.456. The molecule has 0 amide bonds. The molecule has 134 valence electrons. The Bertz CT molecular complexity index is 748. The van der Waals surface area contributed by atoms with Crippen molar-refractivity contribution in [3.63, 3.8) is 0 Å². The van der Waals surface area contributed by atoms with Crippen molar-refractivity contribution < 1.29 is 14.7 Å². The number of epoxide rings is 1. The Labute approximate surface area is 148 Å². The maximum atomic E-state index is 11.3. The molecule has 5 heteroatoms. The smallest absolute Gasteiger partial charge is 0.140 e. The summed E-state index contributed by atoms with van der Waals surface area (Å²) in [6.45, 7) is 6.34. The summed E-state index contributed by atoms with van der Waals surface area (Å²) in [5.41, 5.74) is 6.41. The van der Waals surface area contributed by atoms with Gasteiger partial charge < -0.3 is 14.7 Å². The number of fused-ring (bicyclic) bond motifs is 1. The van der Waals surface area contributed by atoms with Crippen LogP contribution in [-0.2, 0) is 9.57 Å². The second kappa shape index (κ2) is 5.85. The van der Waals surface area contributed by atoms with Gasteiger partial charge in [-0.15, -0.1) is 0 Å². The van der Waals surface area contributed by atoms with Crippen LogP contribution in [0.4, 0.5) is 0 Å². The van der Waals surface area contributed by atoms with Gasteiger partial charge in [0.15, 0.2) is 0 Å². The van der Waals surface area contributed by atoms with E-state index in [9.17, 15) is 5.11 Å². The van der Waals surface area contributed by atoms with Gasteiger partial charge in [-0.25, -0.2) is 0 Å². The number of ether oxygens (including phenoxy) is 1. The highest BCUT2D eigenvalue weighted by Crippen LogP contribution is 2.49. The van der Waals surface area contributed by atoms with E-state index in [4.69, 9.17) is 9.57 Å². The van der Waals surface area contributed by atoms with E-state index in [1.54, 1.807) is 7.11 Å². The molecule has 1 saturated heterocycles. The fraction of sp³-hybridized carbons (Fsp3) is 0.550. The molecule has 1 spiro atoms. The number of benzene rings is 1. The average Bonchev–Trinajstić information content (AvgIpc) is 3.31. The maximum Gasteiger partial charge on any atom is 0.140 e. The Balaban J connectivity index is 1.76. The van der Waals surface area contributed by atoms with Crippen LogP contribution in [0.2, 0.25) is 0 Å². The molecule has 4 rings (SSSR count). The van der Waals surface area contributed by atoms with E-state index in [-0.39, 0.29) is 12.3 Å².